The summed E-state index contributed by atoms with van der Waals surface area (Å²) < 4.78 is 20.1. The van der Waals surface area contributed by atoms with E-state index in [9.17, 15) is 18.8 Å². The Morgan fingerprint density at radius 1 is 1.27 bits per heavy atom. The molecule has 3 aliphatic rings. The molecule has 0 unspecified atom stereocenters. The van der Waals surface area contributed by atoms with Crippen LogP contribution in [0.2, 0.25) is 0 Å². The van der Waals surface area contributed by atoms with Crippen molar-refractivity contribution >= 4 is 17.7 Å². The Morgan fingerprint density at radius 2 is 2.04 bits per heavy atom. The van der Waals surface area contributed by atoms with Gasteiger partial charge in [-0.3, -0.25) is 19.7 Å². The van der Waals surface area contributed by atoms with E-state index in [1.165, 1.54) is 6.07 Å². The van der Waals surface area contributed by atoms with Gasteiger partial charge in [0.15, 0.2) is 0 Å². The molecular formula is C18H20FN3O4. The summed E-state index contributed by atoms with van der Waals surface area (Å²) in [6.07, 6.45) is 2.08. The van der Waals surface area contributed by atoms with Crippen LogP contribution in [0.4, 0.5) is 4.39 Å². The highest BCUT2D eigenvalue weighted by molar-refractivity contribution is 6.04. The minimum absolute atomic E-state index is 0.100. The maximum atomic E-state index is 14.5. The zero-order valence-corrected chi connectivity index (χ0v) is 14.2. The van der Waals surface area contributed by atoms with Crippen LogP contribution >= 0.6 is 0 Å². The van der Waals surface area contributed by atoms with Gasteiger partial charge in [0.25, 0.3) is 5.91 Å². The third-order valence-corrected chi connectivity index (χ3v) is 5.49. The first-order valence-electron chi connectivity index (χ1n) is 8.81. The van der Waals surface area contributed by atoms with E-state index in [0.717, 1.165) is 31.5 Å². The van der Waals surface area contributed by atoms with Gasteiger partial charge in [0.2, 0.25) is 11.8 Å². The van der Waals surface area contributed by atoms with Crippen molar-refractivity contribution in [1.29, 1.82) is 0 Å². The first-order valence-corrected chi connectivity index (χ1v) is 8.81. The third kappa shape index (κ3) is 2.84. The summed E-state index contributed by atoms with van der Waals surface area (Å²) in [6, 6.07) is 1.98. The molecule has 3 N–H and O–H groups in total. The molecule has 8 heteroatoms. The lowest BCUT2D eigenvalue weighted by atomic mass is 9.74. The lowest BCUT2D eigenvalue weighted by Gasteiger charge is -2.32. The molecule has 7 nitrogen and oxygen atoms in total. The van der Waals surface area contributed by atoms with Crippen LogP contribution in [0.5, 0.6) is 5.75 Å². The minimum Gasteiger partial charge on any atom is -0.492 e. The Kier molecular flexibility index (Phi) is 4.14. The van der Waals surface area contributed by atoms with E-state index in [0.29, 0.717) is 12.4 Å². The summed E-state index contributed by atoms with van der Waals surface area (Å²) >= 11 is 0. The Bertz CT molecular complexity index is 789. The monoisotopic (exact) mass is 361 g/mol. The molecule has 0 aromatic heterocycles. The van der Waals surface area contributed by atoms with Gasteiger partial charge in [-0.05, 0) is 38.4 Å². The topological polar surface area (TPSA) is 96.5 Å². The largest absolute Gasteiger partial charge is 0.492 e. The van der Waals surface area contributed by atoms with Gasteiger partial charge in [0.05, 0.1) is 12.2 Å². The molecule has 138 valence electrons. The molecule has 1 aromatic rings. The number of piperidine rings is 2. The molecule has 0 bridgehead atoms. The second-order valence-corrected chi connectivity index (χ2v) is 7.12. The van der Waals surface area contributed by atoms with Crippen molar-refractivity contribution in [3.63, 3.8) is 0 Å². The van der Waals surface area contributed by atoms with Crippen molar-refractivity contribution in [3.05, 3.63) is 29.1 Å². The maximum Gasteiger partial charge on any atom is 0.254 e. The van der Waals surface area contributed by atoms with Crippen molar-refractivity contribution in [2.75, 3.05) is 19.7 Å². The van der Waals surface area contributed by atoms with Gasteiger partial charge in [0, 0.05) is 23.5 Å². The van der Waals surface area contributed by atoms with Crippen molar-refractivity contribution < 1.29 is 23.5 Å². The molecule has 2 fully saturated rings. The number of imide groups is 1. The smallest absolute Gasteiger partial charge is 0.254 e. The van der Waals surface area contributed by atoms with Crippen molar-refractivity contribution in [2.45, 2.75) is 37.1 Å². The zero-order valence-electron chi connectivity index (χ0n) is 14.2. The number of hydrogen-bond donors (Lipinski definition) is 3. The number of halogens is 1. The quantitative estimate of drug-likeness (QED) is 0.662. The van der Waals surface area contributed by atoms with Gasteiger partial charge in [-0.25, -0.2) is 4.39 Å². The van der Waals surface area contributed by atoms with E-state index in [4.69, 9.17) is 4.74 Å². The molecule has 4 rings (SSSR count). The first-order chi connectivity index (χ1) is 12.5. The van der Waals surface area contributed by atoms with E-state index in [-0.39, 0.29) is 29.7 Å². The Labute approximate surface area is 149 Å². The molecule has 2 saturated heterocycles. The summed E-state index contributed by atoms with van der Waals surface area (Å²) in [6.45, 7) is 2.18. The zero-order chi connectivity index (χ0) is 18.3. The van der Waals surface area contributed by atoms with Crippen molar-refractivity contribution in [2.24, 2.45) is 0 Å². The van der Waals surface area contributed by atoms with Gasteiger partial charge in [-0.2, -0.15) is 0 Å². The van der Waals surface area contributed by atoms with Crippen LogP contribution in [-0.2, 0) is 15.0 Å². The maximum absolute atomic E-state index is 14.5. The van der Waals surface area contributed by atoms with Gasteiger partial charge in [-0.15, -0.1) is 0 Å². The number of carbonyl (C=O) groups is 3. The summed E-state index contributed by atoms with van der Waals surface area (Å²) in [5.74, 6) is -1.78. The molecule has 26 heavy (non-hydrogen) atoms. The standard InChI is InChI=1S/C18H20FN3O4/c19-12-8-14-11(18(9-26-14)3-5-20-6-4-18)7-10(12)16(24)21-13-1-2-15(23)22-17(13)25/h7-8,13,20H,1-6,9H2,(H,21,24)(H,22,23,25)/t13-/m0/s1. The Hall–Kier alpha value is -2.48. The predicted molar refractivity (Wildman–Crippen MR) is 89.3 cm³/mol. The average Bonchev–Trinajstić information content (AvgIpc) is 2.94. The normalized spacial score (nSPS) is 24.0. The van der Waals surface area contributed by atoms with Gasteiger partial charge in [0.1, 0.15) is 17.6 Å². The fourth-order valence-corrected chi connectivity index (χ4v) is 3.94. The number of rotatable bonds is 2. The first kappa shape index (κ1) is 17.0. The Morgan fingerprint density at radius 3 is 2.77 bits per heavy atom. The number of ether oxygens (including phenoxy) is 1. The number of nitrogens with one attached hydrogen (secondary N) is 3. The number of hydrogen-bond acceptors (Lipinski definition) is 5. The number of amides is 3. The molecular weight excluding hydrogens is 341 g/mol. The van der Waals surface area contributed by atoms with Crippen molar-refractivity contribution in [1.82, 2.24) is 16.0 Å². The second-order valence-electron chi connectivity index (χ2n) is 7.12. The van der Waals surface area contributed by atoms with Crippen LogP contribution < -0.4 is 20.7 Å². The molecule has 3 aliphatic heterocycles. The highest BCUT2D eigenvalue weighted by Crippen LogP contribution is 2.45. The van der Waals surface area contributed by atoms with Crippen LogP contribution in [0.3, 0.4) is 0 Å². The summed E-state index contributed by atoms with van der Waals surface area (Å²) in [7, 11) is 0. The fraction of sp³-hybridized carbons (Fsp3) is 0.500. The summed E-state index contributed by atoms with van der Waals surface area (Å²) in [5, 5.41) is 8.01. The van der Waals surface area contributed by atoms with E-state index in [1.807, 2.05) is 0 Å². The van der Waals surface area contributed by atoms with E-state index in [1.54, 1.807) is 6.07 Å². The molecule has 0 aliphatic carbocycles. The number of benzene rings is 1. The lowest BCUT2D eigenvalue weighted by molar-refractivity contribution is -0.134. The van der Waals surface area contributed by atoms with Crippen molar-refractivity contribution in [3.8, 4) is 5.75 Å². The van der Waals surface area contributed by atoms with Gasteiger partial charge in [-0.1, -0.05) is 0 Å². The molecule has 3 heterocycles. The third-order valence-electron chi connectivity index (χ3n) is 5.49. The Balaban J connectivity index is 1.59. The van der Waals surface area contributed by atoms with Gasteiger partial charge < -0.3 is 15.4 Å². The van der Waals surface area contributed by atoms with Crippen LogP contribution in [0.15, 0.2) is 12.1 Å². The molecule has 1 aromatic carbocycles. The SMILES string of the molecule is O=C1CC[C@H](NC(=O)c2cc3c(cc2F)OCC32CCNCC2)C(=O)N1. The second kappa shape index (κ2) is 6.35. The summed E-state index contributed by atoms with van der Waals surface area (Å²) in [4.78, 5) is 35.6. The van der Waals surface area contributed by atoms with Gasteiger partial charge >= 0.3 is 0 Å². The van der Waals surface area contributed by atoms with Crippen LogP contribution in [0.1, 0.15) is 41.6 Å². The van der Waals surface area contributed by atoms with Crippen LogP contribution in [0, 0.1) is 5.82 Å². The average molecular weight is 361 g/mol. The van der Waals surface area contributed by atoms with Crippen LogP contribution in [0.25, 0.3) is 0 Å². The van der Waals surface area contributed by atoms with E-state index < -0.39 is 23.7 Å². The fourth-order valence-electron chi connectivity index (χ4n) is 3.94. The summed E-state index contributed by atoms with van der Waals surface area (Å²) in [5.41, 5.74) is 0.559. The minimum atomic E-state index is -0.836. The number of carbonyl (C=O) groups excluding carboxylic acids is 3. The van der Waals surface area contributed by atoms with E-state index in [2.05, 4.69) is 16.0 Å². The highest BCUT2D eigenvalue weighted by Gasteiger charge is 2.42. The highest BCUT2D eigenvalue weighted by atomic mass is 19.1. The molecule has 1 atom stereocenters. The molecule has 0 radical (unpaired) electrons. The van der Waals surface area contributed by atoms with E-state index >= 15 is 0 Å². The number of fused-ring (bicyclic) bond motifs is 2. The predicted octanol–water partition coefficient (Wildman–Crippen LogP) is 0.374. The molecule has 0 saturated carbocycles. The molecule has 1 spiro atoms. The molecule has 3 amide bonds. The van der Waals surface area contributed by atoms with Crippen LogP contribution in [-0.4, -0.2) is 43.5 Å². The lowest BCUT2D eigenvalue weighted by Crippen LogP contribution is -2.52.